The number of benzene rings is 3. The lowest BCUT2D eigenvalue weighted by molar-refractivity contribution is -0.118. The quantitative estimate of drug-likeness (QED) is 0.0659. The van der Waals surface area contributed by atoms with E-state index in [1.165, 1.54) is 92.4 Å². The Kier molecular flexibility index (Phi) is 13.1. The molecule has 0 saturated carbocycles. The fourth-order valence-corrected chi connectivity index (χ4v) is 5.78. The number of carbonyl (C=O) groups is 6. The Morgan fingerprint density at radius 3 is 1.79 bits per heavy atom. The zero-order valence-corrected chi connectivity index (χ0v) is 32.8. The van der Waals surface area contributed by atoms with Crippen LogP contribution in [0.25, 0.3) is 4.85 Å². The summed E-state index contributed by atoms with van der Waals surface area (Å²) in [6, 6.07) is 15.0. The SMILES string of the molecule is [C-]#[N+]c1ccc(C(=O)Nc2ccc(C(=O)NC(Cc3cn[nH]n3)C(=O)Nc3ccc(C(=O)Nc4ccc(C(=O)Nc5ccc(C(=O)O)c(O)c5OC)c(O)c4OC)nc3)nc2)cc1. The molecule has 0 radical (unpaired) electrons. The van der Waals surface area contributed by atoms with Gasteiger partial charge < -0.3 is 51.4 Å². The number of phenolic OH excluding ortho intramolecular Hbond substituents is 1. The highest BCUT2D eigenvalue weighted by molar-refractivity contribution is 6.10. The number of rotatable bonds is 15. The molecular weight excluding hydrogens is 823 g/mol. The summed E-state index contributed by atoms with van der Waals surface area (Å²) in [5.74, 6) is -7.00. The number of aromatic amines is 1. The second-order valence-electron chi connectivity index (χ2n) is 13.0. The second kappa shape index (κ2) is 19.1. The molecule has 0 aliphatic rings. The van der Waals surface area contributed by atoms with Gasteiger partial charge in [-0.3, -0.25) is 24.0 Å². The van der Waals surface area contributed by atoms with Gasteiger partial charge in [-0.25, -0.2) is 19.6 Å². The highest BCUT2D eigenvalue weighted by Crippen LogP contribution is 2.40. The van der Waals surface area contributed by atoms with Crippen molar-refractivity contribution in [3.05, 3.63) is 137 Å². The number of amides is 5. The van der Waals surface area contributed by atoms with E-state index >= 15 is 0 Å². The Balaban J connectivity index is 1.09. The molecular formula is C41H33N11O11. The van der Waals surface area contributed by atoms with Crippen molar-refractivity contribution in [2.75, 3.05) is 35.5 Å². The predicted octanol–water partition coefficient (Wildman–Crippen LogP) is 4.01. The molecule has 9 N–H and O–H groups in total. The van der Waals surface area contributed by atoms with E-state index in [2.05, 4.69) is 56.8 Å². The number of aromatic nitrogens is 5. The van der Waals surface area contributed by atoms with Crippen LogP contribution in [0.5, 0.6) is 23.0 Å². The first-order valence-corrected chi connectivity index (χ1v) is 18.1. The summed E-state index contributed by atoms with van der Waals surface area (Å²) in [6.07, 6.45) is 3.74. The Morgan fingerprint density at radius 2 is 1.25 bits per heavy atom. The van der Waals surface area contributed by atoms with Crippen LogP contribution in [0, 0.1) is 6.57 Å². The first kappa shape index (κ1) is 43.2. The fourth-order valence-electron chi connectivity index (χ4n) is 5.78. The van der Waals surface area contributed by atoms with Crippen molar-refractivity contribution in [2.24, 2.45) is 0 Å². The van der Waals surface area contributed by atoms with E-state index in [-0.39, 0.29) is 57.6 Å². The number of hydrogen-bond donors (Lipinski definition) is 9. The van der Waals surface area contributed by atoms with Crippen molar-refractivity contribution in [1.82, 2.24) is 30.7 Å². The minimum absolute atomic E-state index is 0.0546. The highest BCUT2D eigenvalue weighted by Gasteiger charge is 2.26. The van der Waals surface area contributed by atoms with E-state index in [0.29, 0.717) is 16.9 Å². The van der Waals surface area contributed by atoms with Crippen molar-refractivity contribution in [1.29, 1.82) is 0 Å². The molecule has 3 aromatic carbocycles. The smallest absolute Gasteiger partial charge is 0.339 e. The number of hydrogen-bond acceptors (Lipinski definition) is 14. The van der Waals surface area contributed by atoms with Crippen molar-refractivity contribution >= 4 is 63.9 Å². The lowest BCUT2D eigenvalue weighted by atomic mass is 10.1. The standard InChI is InChI=1S/C41H33N11O11/c1-42-21-6-4-20(5-7-21)36(55)46-22-8-12-30(43-17-22)39(58)50-31(16-24-19-45-52-51-24)40(59)47-23-9-13-29(44-18-23)38(57)49-28-14-10-25(32(53)34(28)62-2)37(56)48-27-15-11-26(41(60)61)33(54)35(27)63-3/h4-15,17-19,31,53-54H,16H2,2-3H3,(H,46,55)(H,47,59)(H,48,56)(H,49,57)(H,50,58)(H,60,61)(H,45,51,52). The summed E-state index contributed by atoms with van der Waals surface area (Å²) in [5.41, 5.74) is 0.321. The largest absolute Gasteiger partial charge is 0.504 e. The van der Waals surface area contributed by atoms with E-state index in [0.717, 1.165) is 13.2 Å². The molecule has 3 aromatic heterocycles. The Labute approximate surface area is 355 Å². The number of nitrogens with one attached hydrogen (secondary N) is 6. The van der Waals surface area contributed by atoms with Crippen LogP contribution in [0.15, 0.2) is 91.4 Å². The Hall–Kier alpha value is -9.39. The van der Waals surface area contributed by atoms with Crippen molar-refractivity contribution in [3.63, 3.8) is 0 Å². The molecule has 22 heteroatoms. The van der Waals surface area contributed by atoms with Crippen LogP contribution < -0.4 is 36.1 Å². The summed E-state index contributed by atoms with van der Waals surface area (Å²) in [4.78, 5) is 88.6. The maximum absolute atomic E-state index is 13.5. The number of carboxylic acids is 1. The molecule has 1 atom stereocenters. The van der Waals surface area contributed by atoms with E-state index in [9.17, 15) is 44.1 Å². The number of methoxy groups -OCH3 is 2. The molecule has 0 fully saturated rings. The molecule has 6 aromatic rings. The number of H-pyrrole nitrogens is 1. The van der Waals surface area contributed by atoms with Crippen molar-refractivity contribution in [3.8, 4) is 23.0 Å². The highest BCUT2D eigenvalue weighted by atomic mass is 16.5. The van der Waals surface area contributed by atoms with E-state index in [1.54, 1.807) is 0 Å². The van der Waals surface area contributed by atoms with Gasteiger partial charge in [0, 0.05) is 12.0 Å². The fraction of sp³-hybridized carbons (Fsp3) is 0.0976. The summed E-state index contributed by atoms with van der Waals surface area (Å²) >= 11 is 0. The average Bonchev–Trinajstić information content (AvgIpc) is 3.80. The van der Waals surface area contributed by atoms with Crippen LogP contribution in [0.4, 0.5) is 28.4 Å². The monoisotopic (exact) mass is 855 g/mol. The maximum atomic E-state index is 13.5. The third-order valence-corrected chi connectivity index (χ3v) is 8.92. The van der Waals surface area contributed by atoms with Gasteiger partial charge in [0.15, 0.2) is 28.7 Å². The van der Waals surface area contributed by atoms with E-state index in [4.69, 9.17) is 16.0 Å². The van der Waals surface area contributed by atoms with E-state index in [1.807, 2.05) is 0 Å². The lowest BCUT2D eigenvalue weighted by Crippen LogP contribution is -2.45. The van der Waals surface area contributed by atoms with Crippen molar-refractivity contribution < 1.29 is 53.6 Å². The van der Waals surface area contributed by atoms with Crippen molar-refractivity contribution in [2.45, 2.75) is 12.5 Å². The predicted molar refractivity (Wildman–Crippen MR) is 221 cm³/mol. The van der Waals surface area contributed by atoms with Crippen LogP contribution in [-0.2, 0) is 11.2 Å². The zero-order valence-electron chi connectivity index (χ0n) is 32.8. The molecule has 0 saturated heterocycles. The summed E-state index contributed by atoms with van der Waals surface area (Å²) in [7, 11) is 2.34. The normalized spacial score (nSPS) is 10.9. The van der Waals surface area contributed by atoms with Gasteiger partial charge >= 0.3 is 5.97 Å². The number of carboxylic acid groups (broad SMARTS) is 1. The molecule has 3 heterocycles. The Morgan fingerprint density at radius 1 is 0.683 bits per heavy atom. The van der Waals surface area contributed by atoms with Gasteiger partial charge in [0.25, 0.3) is 23.6 Å². The molecule has 5 amide bonds. The first-order valence-electron chi connectivity index (χ1n) is 18.1. The van der Waals surface area contributed by atoms with Gasteiger partial charge in [-0.2, -0.15) is 15.4 Å². The van der Waals surface area contributed by atoms with Gasteiger partial charge in [-0.15, -0.1) is 0 Å². The third-order valence-electron chi connectivity index (χ3n) is 8.92. The number of ether oxygens (including phenoxy) is 2. The number of carbonyl (C=O) groups excluding carboxylic acids is 5. The summed E-state index contributed by atoms with van der Waals surface area (Å²) < 4.78 is 10.3. The molecule has 0 aliphatic carbocycles. The van der Waals surface area contributed by atoms with Gasteiger partial charge in [0.1, 0.15) is 23.0 Å². The minimum Gasteiger partial charge on any atom is -0.504 e. The minimum atomic E-state index is -1.43. The number of aromatic hydroxyl groups is 2. The summed E-state index contributed by atoms with van der Waals surface area (Å²) in [5, 5.41) is 53.5. The summed E-state index contributed by atoms with van der Waals surface area (Å²) in [6.45, 7) is 7.04. The van der Waals surface area contributed by atoms with Crippen LogP contribution in [0.2, 0.25) is 0 Å². The number of anilines is 4. The number of phenols is 2. The average molecular weight is 856 g/mol. The second-order valence-corrected chi connectivity index (χ2v) is 13.0. The first-order chi connectivity index (χ1) is 30.3. The number of nitrogens with zero attached hydrogens (tertiary/aromatic N) is 5. The molecule has 63 heavy (non-hydrogen) atoms. The van der Waals surface area contributed by atoms with Crippen LogP contribution in [-0.4, -0.2) is 96.5 Å². The van der Waals surface area contributed by atoms with Crippen LogP contribution in [0.3, 0.4) is 0 Å². The van der Waals surface area contributed by atoms with Crippen LogP contribution in [0.1, 0.15) is 57.7 Å². The third kappa shape index (κ3) is 10.1. The topological polar surface area (TPSA) is 313 Å². The molecule has 22 nitrogen and oxygen atoms in total. The van der Waals surface area contributed by atoms with Gasteiger partial charge in [0.05, 0.1) is 73.4 Å². The number of pyridine rings is 2. The van der Waals surface area contributed by atoms with E-state index < -0.39 is 58.6 Å². The van der Waals surface area contributed by atoms with Crippen LogP contribution >= 0.6 is 0 Å². The molecule has 0 bridgehead atoms. The number of aromatic carboxylic acids is 1. The molecule has 0 spiro atoms. The maximum Gasteiger partial charge on any atom is 0.339 e. The Bertz CT molecular complexity index is 2760. The van der Waals surface area contributed by atoms with Gasteiger partial charge in [0.2, 0.25) is 5.91 Å². The zero-order chi connectivity index (χ0) is 45.2. The van der Waals surface area contributed by atoms with Gasteiger partial charge in [-0.1, -0.05) is 24.3 Å². The molecule has 6 rings (SSSR count). The molecule has 0 aliphatic heterocycles. The lowest BCUT2D eigenvalue weighted by Gasteiger charge is -2.18. The molecule has 1 unspecified atom stereocenters. The van der Waals surface area contributed by atoms with Gasteiger partial charge in [-0.05, 0) is 48.5 Å². The molecule has 318 valence electrons.